The molecule has 0 spiro atoms. The van der Waals surface area contributed by atoms with E-state index in [0.717, 1.165) is 12.0 Å². The van der Waals surface area contributed by atoms with Crippen LogP contribution in [0.4, 0.5) is 0 Å². The van der Waals surface area contributed by atoms with Gasteiger partial charge in [0.1, 0.15) is 12.4 Å². The lowest BCUT2D eigenvalue weighted by molar-refractivity contribution is 0.0805. The van der Waals surface area contributed by atoms with Crippen molar-refractivity contribution in [2.75, 3.05) is 33.5 Å². The van der Waals surface area contributed by atoms with Crippen molar-refractivity contribution in [1.82, 2.24) is 0 Å². The SMILES string of the molecule is COCCCOCCOc1c(Cl)cccc1CCl. The van der Waals surface area contributed by atoms with E-state index in [1.807, 2.05) is 12.1 Å². The van der Waals surface area contributed by atoms with Gasteiger partial charge in [-0.25, -0.2) is 0 Å². The number of alkyl halides is 1. The van der Waals surface area contributed by atoms with Crippen LogP contribution < -0.4 is 4.74 Å². The standard InChI is InChI=1S/C13H18Cl2O3/c1-16-6-3-7-17-8-9-18-13-11(10-14)4-2-5-12(13)15/h2,4-5H,3,6-10H2,1H3. The molecule has 0 aromatic heterocycles. The first-order chi connectivity index (χ1) is 8.79. The minimum absolute atomic E-state index is 0.380. The van der Waals surface area contributed by atoms with E-state index in [1.165, 1.54) is 0 Å². The summed E-state index contributed by atoms with van der Waals surface area (Å²) in [6.07, 6.45) is 0.884. The Labute approximate surface area is 118 Å². The van der Waals surface area contributed by atoms with Crippen molar-refractivity contribution in [3.63, 3.8) is 0 Å². The summed E-state index contributed by atoms with van der Waals surface area (Å²) < 4.78 is 15.9. The zero-order valence-electron chi connectivity index (χ0n) is 10.5. The Morgan fingerprint density at radius 2 is 1.94 bits per heavy atom. The van der Waals surface area contributed by atoms with Crippen LogP contribution in [-0.4, -0.2) is 33.5 Å². The van der Waals surface area contributed by atoms with Gasteiger partial charge in [0, 0.05) is 25.9 Å². The van der Waals surface area contributed by atoms with Gasteiger partial charge in [-0.3, -0.25) is 0 Å². The van der Waals surface area contributed by atoms with Crippen LogP contribution in [0.3, 0.4) is 0 Å². The minimum atomic E-state index is 0.380. The number of benzene rings is 1. The maximum atomic E-state index is 6.05. The van der Waals surface area contributed by atoms with Crippen LogP contribution in [0.1, 0.15) is 12.0 Å². The van der Waals surface area contributed by atoms with Crippen LogP contribution in [0.25, 0.3) is 0 Å². The van der Waals surface area contributed by atoms with Crippen molar-refractivity contribution in [2.45, 2.75) is 12.3 Å². The summed E-state index contributed by atoms with van der Waals surface area (Å²) in [6, 6.07) is 5.54. The molecule has 0 aliphatic carbocycles. The summed E-state index contributed by atoms with van der Waals surface area (Å²) in [5.74, 6) is 1.03. The van der Waals surface area contributed by atoms with E-state index < -0.39 is 0 Å². The summed E-state index contributed by atoms with van der Waals surface area (Å²) in [5, 5.41) is 0.576. The van der Waals surface area contributed by atoms with Crippen LogP contribution in [0.2, 0.25) is 5.02 Å². The monoisotopic (exact) mass is 292 g/mol. The van der Waals surface area contributed by atoms with Crippen molar-refractivity contribution in [3.05, 3.63) is 28.8 Å². The molecular formula is C13H18Cl2O3. The zero-order valence-corrected chi connectivity index (χ0v) is 12.0. The van der Waals surface area contributed by atoms with Gasteiger partial charge >= 0.3 is 0 Å². The maximum absolute atomic E-state index is 6.05. The number of ether oxygens (including phenoxy) is 3. The van der Waals surface area contributed by atoms with Gasteiger partial charge in [0.2, 0.25) is 0 Å². The third kappa shape index (κ3) is 5.44. The summed E-state index contributed by atoms with van der Waals surface area (Å²) in [4.78, 5) is 0. The van der Waals surface area contributed by atoms with E-state index in [-0.39, 0.29) is 0 Å². The predicted octanol–water partition coefficient (Wildman–Crippen LogP) is 3.51. The molecular weight excluding hydrogens is 275 g/mol. The molecule has 0 atom stereocenters. The molecule has 0 bridgehead atoms. The highest BCUT2D eigenvalue weighted by molar-refractivity contribution is 6.32. The molecule has 1 rings (SSSR count). The molecule has 5 heteroatoms. The van der Waals surface area contributed by atoms with Gasteiger partial charge in [-0.05, 0) is 12.5 Å². The quantitative estimate of drug-likeness (QED) is 0.515. The van der Waals surface area contributed by atoms with Gasteiger partial charge in [-0.15, -0.1) is 11.6 Å². The molecule has 3 nitrogen and oxygen atoms in total. The van der Waals surface area contributed by atoms with E-state index >= 15 is 0 Å². The summed E-state index contributed by atoms with van der Waals surface area (Å²) >= 11 is 11.9. The highest BCUT2D eigenvalue weighted by Crippen LogP contribution is 2.29. The third-order valence-electron chi connectivity index (χ3n) is 2.30. The molecule has 1 aromatic rings. The first-order valence-corrected chi connectivity index (χ1v) is 6.73. The first-order valence-electron chi connectivity index (χ1n) is 5.82. The van der Waals surface area contributed by atoms with Crippen molar-refractivity contribution < 1.29 is 14.2 Å². The van der Waals surface area contributed by atoms with Crippen LogP contribution in [0.5, 0.6) is 5.75 Å². The normalized spacial score (nSPS) is 10.6. The first kappa shape index (κ1) is 15.6. The molecule has 0 aliphatic rings. The molecule has 0 saturated carbocycles. The second kappa shape index (κ2) is 9.45. The van der Waals surface area contributed by atoms with Crippen LogP contribution in [-0.2, 0) is 15.4 Å². The summed E-state index contributed by atoms with van der Waals surface area (Å²) in [6.45, 7) is 2.36. The van der Waals surface area contributed by atoms with Crippen LogP contribution in [0.15, 0.2) is 18.2 Å². The molecule has 0 fully saturated rings. The molecule has 18 heavy (non-hydrogen) atoms. The van der Waals surface area contributed by atoms with Gasteiger partial charge in [-0.2, -0.15) is 0 Å². The smallest absolute Gasteiger partial charge is 0.142 e. The Hall–Kier alpha value is -0.480. The lowest BCUT2D eigenvalue weighted by Crippen LogP contribution is -2.09. The van der Waals surface area contributed by atoms with E-state index in [1.54, 1.807) is 13.2 Å². The highest BCUT2D eigenvalue weighted by Gasteiger charge is 2.07. The number of hydrogen-bond donors (Lipinski definition) is 0. The fourth-order valence-corrected chi connectivity index (χ4v) is 1.89. The average Bonchev–Trinajstić information content (AvgIpc) is 2.39. The molecule has 0 N–H and O–H groups in total. The second-order valence-electron chi connectivity index (χ2n) is 3.67. The fourth-order valence-electron chi connectivity index (χ4n) is 1.43. The van der Waals surface area contributed by atoms with Gasteiger partial charge < -0.3 is 14.2 Å². The Morgan fingerprint density at radius 1 is 1.11 bits per heavy atom. The zero-order chi connectivity index (χ0) is 13.2. The van der Waals surface area contributed by atoms with E-state index in [4.69, 9.17) is 37.4 Å². The predicted molar refractivity (Wildman–Crippen MR) is 73.8 cm³/mol. The molecule has 0 unspecified atom stereocenters. The molecule has 0 radical (unpaired) electrons. The van der Waals surface area contributed by atoms with E-state index in [2.05, 4.69) is 0 Å². The fraction of sp³-hybridized carbons (Fsp3) is 0.538. The lowest BCUT2D eigenvalue weighted by Gasteiger charge is -2.11. The van der Waals surface area contributed by atoms with Crippen molar-refractivity contribution in [3.8, 4) is 5.75 Å². The van der Waals surface area contributed by atoms with Crippen LogP contribution in [0, 0.1) is 0 Å². The van der Waals surface area contributed by atoms with Gasteiger partial charge in [0.05, 0.1) is 17.5 Å². The van der Waals surface area contributed by atoms with Gasteiger partial charge in [0.15, 0.2) is 0 Å². The highest BCUT2D eigenvalue weighted by atomic mass is 35.5. The molecule has 0 saturated heterocycles. The number of halogens is 2. The van der Waals surface area contributed by atoms with Crippen LogP contribution >= 0.6 is 23.2 Å². The Kier molecular flexibility index (Phi) is 8.18. The van der Waals surface area contributed by atoms with E-state index in [9.17, 15) is 0 Å². The van der Waals surface area contributed by atoms with Crippen molar-refractivity contribution in [2.24, 2.45) is 0 Å². The van der Waals surface area contributed by atoms with Gasteiger partial charge in [-0.1, -0.05) is 23.7 Å². The molecule has 1 aromatic carbocycles. The van der Waals surface area contributed by atoms with Crippen molar-refractivity contribution >= 4 is 23.2 Å². The third-order valence-corrected chi connectivity index (χ3v) is 2.89. The Balaban J connectivity index is 2.26. The maximum Gasteiger partial charge on any atom is 0.142 e. The minimum Gasteiger partial charge on any atom is -0.489 e. The molecule has 0 aliphatic heterocycles. The number of para-hydroxylation sites is 1. The Bertz CT molecular complexity index is 345. The van der Waals surface area contributed by atoms with Gasteiger partial charge in [0.25, 0.3) is 0 Å². The lowest BCUT2D eigenvalue weighted by atomic mass is 10.2. The van der Waals surface area contributed by atoms with E-state index in [0.29, 0.717) is 43.1 Å². The summed E-state index contributed by atoms with van der Waals surface area (Å²) in [7, 11) is 1.67. The average molecular weight is 293 g/mol. The van der Waals surface area contributed by atoms with Crippen molar-refractivity contribution in [1.29, 1.82) is 0 Å². The summed E-state index contributed by atoms with van der Waals surface area (Å²) in [5.41, 5.74) is 0.892. The number of methoxy groups -OCH3 is 1. The molecule has 102 valence electrons. The topological polar surface area (TPSA) is 27.7 Å². The number of hydrogen-bond acceptors (Lipinski definition) is 3. The largest absolute Gasteiger partial charge is 0.489 e. The Morgan fingerprint density at radius 3 is 2.67 bits per heavy atom. The molecule has 0 heterocycles. The second-order valence-corrected chi connectivity index (χ2v) is 4.34. The number of rotatable bonds is 9. The molecule has 0 amide bonds.